The van der Waals surface area contributed by atoms with Gasteiger partial charge in [0.2, 0.25) is 0 Å². The molecule has 1 aromatic rings. The number of benzene rings is 1. The molecule has 0 heterocycles. The normalized spacial score (nSPS) is 9.75. The number of ketones is 1. The van der Waals surface area contributed by atoms with Crippen LogP contribution in [0.15, 0.2) is 18.2 Å². The van der Waals surface area contributed by atoms with E-state index in [1.807, 2.05) is 0 Å². The Morgan fingerprint density at radius 3 is 2.75 bits per heavy atom. The van der Waals surface area contributed by atoms with Crippen molar-refractivity contribution in [2.45, 2.75) is 13.3 Å². The SMILES string of the molecule is [B]c1ccc(C(=O)CC)c(O)c1. The molecule has 0 unspecified atom stereocenters. The molecule has 1 aromatic carbocycles. The zero-order chi connectivity index (χ0) is 9.14. The van der Waals surface area contributed by atoms with Gasteiger partial charge in [0.25, 0.3) is 0 Å². The summed E-state index contributed by atoms with van der Waals surface area (Å²) in [4.78, 5) is 11.1. The van der Waals surface area contributed by atoms with E-state index >= 15 is 0 Å². The molecule has 0 aromatic heterocycles. The zero-order valence-electron chi connectivity index (χ0n) is 6.87. The fraction of sp³-hybridized carbons (Fsp3) is 0.222. The van der Waals surface area contributed by atoms with Crippen LogP contribution in [0, 0.1) is 0 Å². The first kappa shape index (κ1) is 8.85. The van der Waals surface area contributed by atoms with Gasteiger partial charge in [-0.05, 0) is 12.1 Å². The van der Waals surface area contributed by atoms with Crippen LogP contribution in [-0.2, 0) is 0 Å². The predicted molar refractivity (Wildman–Crippen MR) is 48.1 cm³/mol. The van der Waals surface area contributed by atoms with Crippen molar-refractivity contribution in [2.75, 3.05) is 0 Å². The van der Waals surface area contributed by atoms with Crippen LogP contribution >= 0.6 is 0 Å². The quantitative estimate of drug-likeness (QED) is 0.512. The maximum atomic E-state index is 11.1. The fourth-order valence-electron chi connectivity index (χ4n) is 0.975. The van der Waals surface area contributed by atoms with E-state index in [2.05, 4.69) is 0 Å². The summed E-state index contributed by atoms with van der Waals surface area (Å²) in [6.07, 6.45) is 0.386. The van der Waals surface area contributed by atoms with Gasteiger partial charge in [0.1, 0.15) is 13.6 Å². The fourth-order valence-corrected chi connectivity index (χ4v) is 0.975. The van der Waals surface area contributed by atoms with Gasteiger partial charge in [-0.1, -0.05) is 18.5 Å². The lowest BCUT2D eigenvalue weighted by atomic mass is 9.93. The van der Waals surface area contributed by atoms with Crippen molar-refractivity contribution in [2.24, 2.45) is 0 Å². The number of phenols is 1. The molecule has 2 radical (unpaired) electrons. The van der Waals surface area contributed by atoms with Gasteiger partial charge in [-0.15, -0.1) is 0 Å². The van der Waals surface area contributed by atoms with Gasteiger partial charge in [0, 0.05) is 6.42 Å². The van der Waals surface area contributed by atoms with E-state index in [1.165, 1.54) is 12.1 Å². The van der Waals surface area contributed by atoms with Crippen molar-refractivity contribution in [1.82, 2.24) is 0 Å². The van der Waals surface area contributed by atoms with Crippen LogP contribution in [0.2, 0.25) is 0 Å². The molecule has 2 nitrogen and oxygen atoms in total. The third kappa shape index (κ3) is 1.67. The van der Waals surface area contributed by atoms with Crippen LogP contribution in [0.4, 0.5) is 0 Å². The van der Waals surface area contributed by atoms with E-state index in [1.54, 1.807) is 13.0 Å². The predicted octanol–water partition coefficient (Wildman–Crippen LogP) is 0.779. The highest BCUT2D eigenvalue weighted by molar-refractivity contribution is 6.32. The van der Waals surface area contributed by atoms with Crippen LogP contribution in [-0.4, -0.2) is 18.7 Å². The highest BCUT2D eigenvalue weighted by atomic mass is 16.3. The second kappa shape index (κ2) is 3.43. The summed E-state index contributed by atoms with van der Waals surface area (Å²) < 4.78 is 0. The number of carbonyl (C=O) groups excluding carboxylic acids is 1. The van der Waals surface area contributed by atoms with E-state index in [0.717, 1.165) is 0 Å². The van der Waals surface area contributed by atoms with Crippen molar-refractivity contribution in [3.63, 3.8) is 0 Å². The highest BCUT2D eigenvalue weighted by Crippen LogP contribution is 2.15. The lowest BCUT2D eigenvalue weighted by Crippen LogP contribution is -2.04. The van der Waals surface area contributed by atoms with E-state index in [-0.39, 0.29) is 11.5 Å². The topological polar surface area (TPSA) is 37.3 Å². The molecule has 0 saturated carbocycles. The van der Waals surface area contributed by atoms with E-state index in [0.29, 0.717) is 17.4 Å². The maximum Gasteiger partial charge on any atom is 0.166 e. The molecule has 0 aliphatic rings. The van der Waals surface area contributed by atoms with Crippen molar-refractivity contribution < 1.29 is 9.90 Å². The molecule has 1 N–H and O–H groups in total. The van der Waals surface area contributed by atoms with Gasteiger partial charge in [-0.3, -0.25) is 4.79 Å². The Morgan fingerprint density at radius 2 is 2.25 bits per heavy atom. The minimum absolute atomic E-state index is 0.0400. The second-order valence-corrected chi connectivity index (χ2v) is 2.55. The molecule has 0 aliphatic carbocycles. The van der Waals surface area contributed by atoms with E-state index in [4.69, 9.17) is 7.85 Å². The van der Waals surface area contributed by atoms with Crippen LogP contribution in [0.25, 0.3) is 0 Å². The Bertz CT molecular complexity index is 307. The minimum atomic E-state index is -0.0764. The molecule has 1 rings (SSSR count). The average molecular weight is 160 g/mol. The van der Waals surface area contributed by atoms with Crippen LogP contribution in [0.1, 0.15) is 23.7 Å². The van der Waals surface area contributed by atoms with Gasteiger partial charge < -0.3 is 5.11 Å². The Hall–Kier alpha value is -1.25. The molecule has 0 bridgehead atoms. The lowest BCUT2D eigenvalue weighted by Gasteiger charge is -2.02. The monoisotopic (exact) mass is 160 g/mol. The Labute approximate surface area is 72.6 Å². The standard InChI is InChI=1S/C9H9BO2/c1-2-8(11)7-4-3-6(10)5-9(7)12/h3-5,12H,2H2,1H3. The summed E-state index contributed by atoms with van der Waals surface area (Å²) in [7, 11) is 5.40. The Morgan fingerprint density at radius 1 is 1.58 bits per heavy atom. The number of rotatable bonds is 2. The summed E-state index contributed by atoms with van der Waals surface area (Å²) in [5, 5.41) is 9.29. The summed E-state index contributed by atoms with van der Waals surface area (Å²) >= 11 is 0. The Balaban J connectivity index is 3.09. The molecular weight excluding hydrogens is 151 g/mol. The lowest BCUT2D eigenvalue weighted by molar-refractivity contribution is 0.0985. The number of aromatic hydroxyl groups is 1. The average Bonchev–Trinajstić information content (AvgIpc) is 2.03. The van der Waals surface area contributed by atoms with Gasteiger partial charge in [-0.2, -0.15) is 0 Å². The molecule has 0 atom stereocenters. The third-order valence-corrected chi connectivity index (χ3v) is 1.64. The first-order valence-electron chi connectivity index (χ1n) is 3.77. The van der Waals surface area contributed by atoms with Crippen LogP contribution in [0.3, 0.4) is 0 Å². The molecular formula is C9H9BO2. The van der Waals surface area contributed by atoms with Crippen LogP contribution in [0.5, 0.6) is 5.75 Å². The first-order valence-corrected chi connectivity index (χ1v) is 3.77. The molecule has 3 heteroatoms. The van der Waals surface area contributed by atoms with Crippen molar-refractivity contribution in [3.05, 3.63) is 23.8 Å². The van der Waals surface area contributed by atoms with Gasteiger partial charge in [-0.25, -0.2) is 0 Å². The van der Waals surface area contributed by atoms with Crippen molar-refractivity contribution in [1.29, 1.82) is 0 Å². The number of hydrogen-bond acceptors (Lipinski definition) is 2. The largest absolute Gasteiger partial charge is 0.507 e. The van der Waals surface area contributed by atoms with Gasteiger partial charge in [0.15, 0.2) is 5.78 Å². The Kier molecular flexibility index (Phi) is 2.53. The first-order chi connectivity index (χ1) is 5.65. The molecule has 60 valence electrons. The summed E-state index contributed by atoms with van der Waals surface area (Å²) in [6.45, 7) is 1.75. The second-order valence-electron chi connectivity index (χ2n) is 2.55. The molecule has 0 fully saturated rings. The minimum Gasteiger partial charge on any atom is -0.507 e. The molecule has 0 spiro atoms. The number of Topliss-reactive ketones (excluding diaryl/α,β-unsaturated/α-hetero) is 1. The molecule has 0 aliphatic heterocycles. The molecule has 0 saturated heterocycles. The highest BCUT2D eigenvalue weighted by Gasteiger charge is 2.07. The van der Waals surface area contributed by atoms with Crippen molar-refractivity contribution >= 4 is 19.1 Å². The summed E-state index contributed by atoms with van der Waals surface area (Å²) in [5.74, 6) is -0.116. The number of phenolic OH excluding ortho intramolecular Hbond substituents is 1. The summed E-state index contributed by atoms with van der Waals surface area (Å²) in [5.41, 5.74) is 0.798. The number of carbonyl (C=O) groups is 1. The summed E-state index contributed by atoms with van der Waals surface area (Å²) in [6, 6.07) is 4.52. The van der Waals surface area contributed by atoms with E-state index < -0.39 is 0 Å². The van der Waals surface area contributed by atoms with E-state index in [9.17, 15) is 9.90 Å². The van der Waals surface area contributed by atoms with Crippen LogP contribution < -0.4 is 5.46 Å². The van der Waals surface area contributed by atoms with Crippen molar-refractivity contribution in [3.8, 4) is 5.75 Å². The molecule has 0 amide bonds. The number of hydrogen-bond donors (Lipinski definition) is 1. The van der Waals surface area contributed by atoms with Gasteiger partial charge in [0.05, 0.1) is 5.56 Å². The third-order valence-electron chi connectivity index (χ3n) is 1.64. The molecule has 12 heavy (non-hydrogen) atoms. The zero-order valence-corrected chi connectivity index (χ0v) is 6.87. The van der Waals surface area contributed by atoms with Gasteiger partial charge >= 0.3 is 0 Å². The maximum absolute atomic E-state index is 11.1. The smallest absolute Gasteiger partial charge is 0.166 e.